The van der Waals surface area contributed by atoms with E-state index in [0.29, 0.717) is 6.54 Å². The average molecular weight is 276 g/mol. The smallest absolute Gasteiger partial charge is 0.317 e. The molecule has 2 rings (SSSR count). The van der Waals surface area contributed by atoms with E-state index in [0.717, 1.165) is 12.8 Å². The summed E-state index contributed by atoms with van der Waals surface area (Å²) in [6.07, 6.45) is 1.70. The first-order valence-corrected chi connectivity index (χ1v) is 6.95. The number of benzene rings is 1. The maximum absolute atomic E-state index is 12.2. The number of nitrogens with one attached hydrogen (secondary N) is 1. The molecule has 0 saturated heterocycles. The molecule has 2 amide bonds. The van der Waals surface area contributed by atoms with Gasteiger partial charge in [0.15, 0.2) is 0 Å². The number of carboxylic acids is 1. The van der Waals surface area contributed by atoms with Crippen molar-refractivity contribution >= 4 is 12.0 Å². The summed E-state index contributed by atoms with van der Waals surface area (Å²) in [6, 6.07) is 8.15. The molecule has 5 heteroatoms. The topological polar surface area (TPSA) is 69.6 Å². The molecule has 108 valence electrons. The predicted molar refractivity (Wildman–Crippen MR) is 75.4 cm³/mol. The van der Waals surface area contributed by atoms with Crippen LogP contribution in [0.15, 0.2) is 24.3 Å². The summed E-state index contributed by atoms with van der Waals surface area (Å²) >= 11 is 0. The van der Waals surface area contributed by atoms with Gasteiger partial charge in [-0.25, -0.2) is 4.79 Å². The number of urea groups is 1. The van der Waals surface area contributed by atoms with E-state index in [-0.39, 0.29) is 25.0 Å². The highest BCUT2D eigenvalue weighted by Crippen LogP contribution is 2.24. The van der Waals surface area contributed by atoms with Crippen LogP contribution in [0, 0.1) is 0 Å². The van der Waals surface area contributed by atoms with Crippen molar-refractivity contribution in [1.29, 1.82) is 0 Å². The zero-order valence-electron chi connectivity index (χ0n) is 11.6. The number of carbonyl (C=O) groups is 2. The maximum Gasteiger partial charge on any atom is 0.317 e. The predicted octanol–water partition coefficient (Wildman–Crippen LogP) is 2.01. The second-order valence-corrected chi connectivity index (χ2v) is 5.04. The summed E-state index contributed by atoms with van der Waals surface area (Å²) in [6.45, 7) is 2.83. The van der Waals surface area contributed by atoms with Gasteiger partial charge >= 0.3 is 12.0 Å². The minimum Gasteiger partial charge on any atom is -0.481 e. The number of carboxylic acid groups (broad SMARTS) is 1. The van der Waals surface area contributed by atoms with Crippen molar-refractivity contribution in [1.82, 2.24) is 10.2 Å². The Morgan fingerprint density at radius 3 is 2.70 bits per heavy atom. The number of hydrogen-bond acceptors (Lipinski definition) is 2. The van der Waals surface area contributed by atoms with E-state index in [2.05, 4.69) is 18.3 Å². The van der Waals surface area contributed by atoms with Gasteiger partial charge in [0.2, 0.25) is 0 Å². The molecule has 2 N–H and O–H groups in total. The number of amides is 2. The fourth-order valence-corrected chi connectivity index (χ4v) is 2.57. The molecule has 1 aromatic rings. The second kappa shape index (κ2) is 6.41. The lowest BCUT2D eigenvalue weighted by Crippen LogP contribution is -2.49. The van der Waals surface area contributed by atoms with Crippen LogP contribution in [0.5, 0.6) is 0 Å². The Morgan fingerprint density at radius 2 is 2.05 bits per heavy atom. The SMILES string of the molecule is CCC1Cc2ccccc2CN1C(=O)NCCC(=O)O. The third kappa shape index (κ3) is 3.29. The number of carbonyl (C=O) groups excluding carboxylic acids is 1. The summed E-state index contributed by atoms with van der Waals surface area (Å²) in [4.78, 5) is 24.5. The quantitative estimate of drug-likeness (QED) is 0.883. The largest absolute Gasteiger partial charge is 0.481 e. The van der Waals surface area contributed by atoms with Gasteiger partial charge in [0.1, 0.15) is 0 Å². The van der Waals surface area contributed by atoms with E-state index in [9.17, 15) is 9.59 Å². The van der Waals surface area contributed by atoms with Crippen LogP contribution in [0.1, 0.15) is 30.9 Å². The zero-order valence-corrected chi connectivity index (χ0v) is 11.6. The van der Waals surface area contributed by atoms with Gasteiger partial charge < -0.3 is 15.3 Å². The summed E-state index contributed by atoms with van der Waals surface area (Å²) in [5, 5.41) is 11.3. The van der Waals surface area contributed by atoms with Crippen molar-refractivity contribution in [3.8, 4) is 0 Å². The first-order valence-electron chi connectivity index (χ1n) is 6.95. The van der Waals surface area contributed by atoms with Crippen LogP contribution in [-0.4, -0.2) is 34.6 Å². The Kier molecular flexibility index (Phi) is 4.61. The van der Waals surface area contributed by atoms with Crippen molar-refractivity contribution in [2.45, 2.75) is 38.8 Å². The molecule has 1 atom stereocenters. The van der Waals surface area contributed by atoms with Gasteiger partial charge in [0.25, 0.3) is 0 Å². The molecule has 0 saturated carbocycles. The maximum atomic E-state index is 12.2. The normalized spacial score (nSPS) is 17.4. The van der Waals surface area contributed by atoms with Crippen molar-refractivity contribution in [2.75, 3.05) is 6.54 Å². The second-order valence-electron chi connectivity index (χ2n) is 5.04. The lowest BCUT2D eigenvalue weighted by molar-refractivity contribution is -0.136. The first-order chi connectivity index (χ1) is 9.61. The summed E-state index contributed by atoms with van der Waals surface area (Å²) < 4.78 is 0. The molecule has 5 nitrogen and oxygen atoms in total. The molecule has 0 spiro atoms. The van der Waals surface area contributed by atoms with Crippen LogP contribution in [-0.2, 0) is 17.8 Å². The molecule has 0 bridgehead atoms. The minimum atomic E-state index is -0.902. The number of nitrogens with zero attached hydrogens (tertiary/aromatic N) is 1. The number of aliphatic carboxylic acids is 1. The van der Waals surface area contributed by atoms with E-state index >= 15 is 0 Å². The standard InChI is InChI=1S/C15H20N2O3/c1-2-13-9-11-5-3-4-6-12(11)10-17(13)15(20)16-8-7-14(18)19/h3-6,13H,2,7-10H2,1H3,(H,16,20)(H,18,19). The first kappa shape index (κ1) is 14.4. The molecule has 0 radical (unpaired) electrons. The Labute approximate surface area is 118 Å². The highest BCUT2D eigenvalue weighted by Gasteiger charge is 2.28. The van der Waals surface area contributed by atoms with E-state index in [1.54, 1.807) is 0 Å². The van der Waals surface area contributed by atoms with Gasteiger partial charge in [-0.3, -0.25) is 4.79 Å². The van der Waals surface area contributed by atoms with Crippen molar-refractivity contribution in [3.05, 3.63) is 35.4 Å². The molecule has 0 fully saturated rings. The Bertz CT molecular complexity index is 502. The van der Waals surface area contributed by atoms with Crippen LogP contribution in [0.3, 0.4) is 0 Å². The van der Waals surface area contributed by atoms with Crippen molar-refractivity contribution in [2.24, 2.45) is 0 Å². The van der Waals surface area contributed by atoms with E-state index in [1.165, 1.54) is 11.1 Å². The Hall–Kier alpha value is -2.04. The number of rotatable bonds is 4. The highest BCUT2D eigenvalue weighted by molar-refractivity contribution is 5.76. The van der Waals surface area contributed by atoms with Gasteiger partial charge in [0, 0.05) is 19.1 Å². The lowest BCUT2D eigenvalue weighted by Gasteiger charge is -2.36. The van der Waals surface area contributed by atoms with Crippen LogP contribution in [0.25, 0.3) is 0 Å². The molecular weight excluding hydrogens is 256 g/mol. The minimum absolute atomic E-state index is 0.0487. The zero-order chi connectivity index (χ0) is 14.5. The summed E-state index contributed by atoms with van der Waals surface area (Å²) in [7, 11) is 0. The lowest BCUT2D eigenvalue weighted by atomic mass is 9.93. The van der Waals surface area contributed by atoms with Crippen LogP contribution in [0.4, 0.5) is 4.79 Å². The fourth-order valence-electron chi connectivity index (χ4n) is 2.57. The molecule has 1 unspecified atom stereocenters. The number of hydrogen-bond donors (Lipinski definition) is 2. The third-order valence-corrected chi connectivity index (χ3v) is 3.70. The summed E-state index contributed by atoms with van der Waals surface area (Å²) in [5.74, 6) is -0.902. The third-order valence-electron chi connectivity index (χ3n) is 3.70. The number of fused-ring (bicyclic) bond motifs is 1. The molecule has 1 aliphatic rings. The van der Waals surface area contributed by atoms with E-state index in [4.69, 9.17) is 5.11 Å². The highest BCUT2D eigenvalue weighted by atomic mass is 16.4. The fraction of sp³-hybridized carbons (Fsp3) is 0.467. The van der Waals surface area contributed by atoms with Gasteiger partial charge in [-0.15, -0.1) is 0 Å². The van der Waals surface area contributed by atoms with Crippen LogP contribution < -0.4 is 5.32 Å². The molecule has 20 heavy (non-hydrogen) atoms. The molecular formula is C15H20N2O3. The monoisotopic (exact) mass is 276 g/mol. The van der Waals surface area contributed by atoms with Crippen molar-refractivity contribution in [3.63, 3.8) is 0 Å². The molecule has 0 aromatic heterocycles. The Morgan fingerprint density at radius 1 is 1.35 bits per heavy atom. The molecule has 1 heterocycles. The molecule has 1 aromatic carbocycles. The summed E-state index contributed by atoms with van der Waals surface area (Å²) in [5.41, 5.74) is 2.47. The van der Waals surface area contributed by atoms with Crippen LogP contribution in [0.2, 0.25) is 0 Å². The average Bonchev–Trinajstić information content (AvgIpc) is 2.45. The van der Waals surface area contributed by atoms with E-state index in [1.807, 2.05) is 23.1 Å². The van der Waals surface area contributed by atoms with E-state index < -0.39 is 5.97 Å². The molecule has 1 aliphatic heterocycles. The Balaban J connectivity index is 2.03. The van der Waals surface area contributed by atoms with Gasteiger partial charge in [-0.1, -0.05) is 31.2 Å². The van der Waals surface area contributed by atoms with Gasteiger partial charge in [-0.05, 0) is 24.0 Å². The molecule has 0 aliphatic carbocycles. The van der Waals surface area contributed by atoms with Gasteiger partial charge in [0.05, 0.1) is 6.42 Å². The van der Waals surface area contributed by atoms with Crippen LogP contribution >= 0.6 is 0 Å². The van der Waals surface area contributed by atoms with Crippen molar-refractivity contribution < 1.29 is 14.7 Å². The van der Waals surface area contributed by atoms with Gasteiger partial charge in [-0.2, -0.15) is 0 Å².